The van der Waals surface area contributed by atoms with Crippen molar-refractivity contribution in [2.24, 2.45) is 0 Å². The van der Waals surface area contributed by atoms with Crippen LogP contribution in [0.25, 0.3) is 0 Å². The number of nitrogens with one attached hydrogen (secondary N) is 1. The van der Waals surface area contributed by atoms with Gasteiger partial charge in [0, 0.05) is 0 Å². The minimum Gasteiger partial charge on any atom is -0.465 e. The van der Waals surface area contributed by atoms with Crippen LogP contribution >= 0.6 is 0 Å². The Morgan fingerprint density at radius 3 is 2.42 bits per heavy atom. The Balaban J connectivity index is 4.10. The lowest BCUT2D eigenvalue weighted by molar-refractivity contribution is -0.150. The number of nitrogens with zero attached hydrogens (tertiary/aromatic N) is 1. The van der Waals surface area contributed by atoms with E-state index >= 15 is 0 Å². The number of unbranched alkanes of at least 4 members (excludes halogenated alkanes) is 1. The molecule has 1 unspecified atom stereocenters. The third-order valence-electron chi connectivity index (χ3n) is 3.36. The highest BCUT2D eigenvalue weighted by molar-refractivity contribution is 5.80. The molecule has 1 atom stereocenters. The van der Waals surface area contributed by atoms with Gasteiger partial charge in [0.05, 0.1) is 6.61 Å². The largest absolute Gasteiger partial charge is 0.465 e. The van der Waals surface area contributed by atoms with Crippen molar-refractivity contribution in [1.29, 1.82) is 0 Å². The van der Waals surface area contributed by atoms with Gasteiger partial charge in [-0.25, -0.2) is 0 Å². The molecule has 0 rings (SSSR count). The molecular formula is C15H32N2O2. The molecule has 0 saturated carbocycles. The number of hydrogen-bond donors (Lipinski definition) is 1. The maximum absolute atomic E-state index is 12.0. The summed E-state index contributed by atoms with van der Waals surface area (Å²) >= 11 is 0. The predicted octanol–water partition coefficient (Wildman–Crippen LogP) is 2.43. The lowest BCUT2D eigenvalue weighted by Gasteiger charge is -2.28. The highest BCUT2D eigenvalue weighted by atomic mass is 16.5. The van der Waals surface area contributed by atoms with Crippen molar-refractivity contribution in [2.75, 3.05) is 33.3 Å². The summed E-state index contributed by atoms with van der Waals surface area (Å²) in [6.45, 7) is 11.5. The molecule has 4 heteroatoms. The molecule has 0 spiro atoms. The van der Waals surface area contributed by atoms with Crippen LogP contribution in [0.1, 0.15) is 53.4 Å². The second-order valence-corrected chi connectivity index (χ2v) is 5.34. The first kappa shape index (κ1) is 18.4. The van der Waals surface area contributed by atoms with E-state index in [0.29, 0.717) is 6.61 Å². The van der Waals surface area contributed by atoms with E-state index in [9.17, 15) is 4.79 Å². The Morgan fingerprint density at radius 1 is 1.21 bits per heavy atom. The minimum atomic E-state index is -0.534. The average molecular weight is 272 g/mol. The molecular weight excluding hydrogens is 240 g/mol. The Hall–Kier alpha value is -0.610. The smallest absolute Gasteiger partial charge is 0.326 e. The van der Waals surface area contributed by atoms with E-state index in [0.717, 1.165) is 38.9 Å². The lowest BCUT2D eigenvalue weighted by Crippen LogP contribution is -2.50. The summed E-state index contributed by atoms with van der Waals surface area (Å²) in [6, 6.07) is 0. The fraction of sp³-hybridized carbons (Fsp3) is 0.933. The van der Waals surface area contributed by atoms with E-state index in [1.54, 1.807) is 0 Å². The summed E-state index contributed by atoms with van der Waals surface area (Å²) in [5.41, 5.74) is -0.534. The van der Waals surface area contributed by atoms with Gasteiger partial charge in [0.25, 0.3) is 0 Å². The second kappa shape index (κ2) is 10.2. The van der Waals surface area contributed by atoms with Crippen LogP contribution in [0.3, 0.4) is 0 Å². The van der Waals surface area contributed by atoms with Crippen LogP contribution in [0, 0.1) is 0 Å². The summed E-state index contributed by atoms with van der Waals surface area (Å²) in [5.74, 6) is -0.126. The van der Waals surface area contributed by atoms with Crippen LogP contribution in [0.4, 0.5) is 0 Å². The highest BCUT2D eigenvalue weighted by Gasteiger charge is 2.32. The summed E-state index contributed by atoms with van der Waals surface area (Å²) in [5, 5.41) is 3.27. The maximum Gasteiger partial charge on any atom is 0.326 e. The molecule has 0 saturated heterocycles. The SMILES string of the molecule is CCCN(C)CCCCC(C)(NCC)C(=O)OCC. The molecule has 0 aromatic carbocycles. The molecule has 0 aromatic heterocycles. The minimum absolute atomic E-state index is 0.126. The van der Waals surface area contributed by atoms with E-state index in [4.69, 9.17) is 4.74 Å². The van der Waals surface area contributed by atoms with Gasteiger partial charge in [-0.1, -0.05) is 13.8 Å². The molecule has 0 aliphatic carbocycles. The van der Waals surface area contributed by atoms with Crippen molar-refractivity contribution in [1.82, 2.24) is 10.2 Å². The molecule has 114 valence electrons. The number of carbonyl (C=O) groups excluding carboxylic acids is 1. The van der Waals surface area contributed by atoms with Crippen LogP contribution in [0.2, 0.25) is 0 Å². The van der Waals surface area contributed by atoms with E-state index in [2.05, 4.69) is 24.2 Å². The number of ether oxygens (including phenoxy) is 1. The van der Waals surface area contributed by atoms with Crippen LogP contribution < -0.4 is 5.32 Å². The fourth-order valence-corrected chi connectivity index (χ4v) is 2.30. The van der Waals surface area contributed by atoms with Crippen LogP contribution in [-0.2, 0) is 9.53 Å². The van der Waals surface area contributed by atoms with E-state index in [-0.39, 0.29) is 5.97 Å². The summed E-state index contributed by atoms with van der Waals surface area (Å²) in [7, 11) is 2.15. The molecule has 0 bridgehead atoms. The van der Waals surface area contributed by atoms with Crippen LogP contribution in [0.5, 0.6) is 0 Å². The molecule has 0 fully saturated rings. The quantitative estimate of drug-likeness (QED) is 0.463. The first-order chi connectivity index (χ1) is 9.00. The maximum atomic E-state index is 12.0. The Morgan fingerprint density at radius 2 is 1.89 bits per heavy atom. The standard InChI is InChI=1S/C15H32N2O2/c1-6-12-17(5)13-10-9-11-15(4,16-7-2)14(18)19-8-3/h16H,6-13H2,1-5H3. The molecule has 0 aliphatic rings. The summed E-state index contributed by atoms with van der Waals surface area (Å²) in [6.07, 6.45) is 4.18. The van der Waals surface area contributed by atoms with Gasteiger partial charge in [-0.2, -0.15) is 0 Å². The number of rotatable bonds is 11. The predicted molar refractivity (Wildman–Crippen MR) is 80.4 cm³/mol. The van der Waals surface area contributed by atoms with Crippen molar-refractivity contribution in [3.05, 3.63) is 0 Å². The molecule has 0 amide bonds. The van der Waals surface area contributed by atoms with Gasteiger partial charge >= 0.3 is 5.97 Å². The van der Waals surface area contributed by atoms with Crippen molar-refractivity contribution in [2.45, 2.75) is 58.9 Å². The van der Waals surface area contributed by atoms with E-state index < -0.39 is 5.54 Å². The van der Waals surface area contributed by atoms with Crippen molar-refractivity contribution in [3.63, 3.8) is 0 Å². The van der Waals surface area contributed by atoms with Gasteiger partial charge in [0.15, 0.2) is 0 Å². The van der Waals surface area contributed by atoms with Gasteiger partial charge < -0.3 is 15.0 Å². The van der Waals surface area contributed by atoms with Crippen molar-refractivity contribution >= 4 is 5.97 Å². The number of likely N-dealkylation sites (N-methyl/N-ethyl adjacent to an activating group) is 1. The van der Waals surface area contributed by atoms with Crippen LogP contribution in [-0.4, -0.2) is 49.7 Å². The first-order valence-electron chi connectivity index (χ1n) is 7.61. The van der Waals surface area contributed by atoms with Gasteiger partial charge in [-0.05, 0) is 66.2 Å². The molecule has 0 aromatic rings. The summed E-state index contributed by atoms with van der Waals surface area (Å²) < 4.78 is 5.16. The van der Waals surface area contributed by atoms with E-state index in [1.165, 1.54) is 6.42 Å². The molecule has 0 aliphatic heterocycles. The Kier molecular flexibility index (Phi) is 9.88. The number of esters is 1. The Bertz CT molecular complexity index is 246. The van der Waals surface area contributed by atoms with Crippen molar-refractivity contribution in [3.8, 4) is 0 Å². The van der Waals surface area contributed by atoms with Gasteiger partial charge in [0.2, 0.25) is 0 Å². The molecule has 4 nitrogen and oxygen atoms in total. The highest BCUT2D eigenvalue weighted by Crippen LogP contribution is 2.16. The zero-order chi connectivity index (χ0) is 14.7. The normalized spacial score (nSPS) is 14.4. The average Bonchev–Trinajstić information content (AvgIpc) is 2.36. The lowest BCUT2D eigenvalue weighted by atomic mass is 9.94. The number of hydrogen-bond acceptors (Lipinski definition) is 4. The van der Waals surface area contributed by atoms with E-state index in [1.807, 2.05) is 20.8 Å². The monoisotopic (exact) mass is 272 g/mol. The van der Waals surface area contributed by atoms with Crippen molar-refractivity contribution < 1.29 is 9.53 Å². The second-order valence-electron chi connectivity index (χ2n) is 5.34. The molecule has 1 N–H and O–H groups in total. The van der Waals surface area contributed by atoms with Gasteiger partial charge in [0.1, 0.15) is 5.54 Å². The third-order valence-corrected chi connectivity index (χ3v) is 3.36. The van der Waals surface area contributed by atoms with Gasteiger partial charge in [-0.3, -0.25) is 4.79 Å². The molecule has 19 heavy (non-hydrogen) atoms. The van der Waals surface area contributed by atoms with Crippen LogP contribution in [0.15, 0.2) is 0 Å². The Labute approximate surface area is 118 Å². The van der Waals surface area contributed by atoms with Gasteiger partial charge in [-0.15, -0.1) is 0 Å². The summed E-state index contributed by atoms with van der Waals surface area (Å²) in [4.78, 5) is 14.3. The third kappa shape index (κ3) is 7.53. The molecule has 0 radical (unpaired) electrons. The fourth-order valence-electron chi connectivity index (χ4n) is 2.30. The topological polar surface area (TPSA) is 41.6 Å². The molecule has 0 heterocycles. The zero-order valence-electron chi connectivity index (χ0n) is 13.4. The zero-order valence-corrected chi connectivity index (χ0v) is 13.4. The number of carbonyl (C=O) groups is 1. The first-order valence-corrected chi connectivity index (χ1v) is 7.61.